The molecule has 0 aromatic heterocycles. The van der Waals surface area contributed by atoms with Gasteiger partial charge in [-0.05, 0) is 17.6 Å². The molecule has 11 heteroatoms. The van der Waals surface area contributed by atoms with Gasteiger partial charge in [-0.25, -0.2) is 0 Å². The van der Waals surface area contributed by atoms with Gasteiger partial charge in [0.25, 0.3) is 15.7 Å². The Morgan fingerprint density at radius 2 is 1.81 bits per heavy atom. The zero-order valence-electron chi connectivity index (χ0n) is 17.9. The van der Waals surface area contributed by atoms with Crippen LogP contribution in [-0.4, -0.2) is 52.3 Å². The summed E-state index contributed by atoms with van der Waals surface area (Å²) in [6.07, 6.45) is 2.51. The molecule has 1 aromatic rings. The van der Waals surface area contributed by atoms with Gasteiger partial charge in [0, 0.05) is 30.9 Å². The molecule has 0 unspecified atom stereocenters. The van der Waals surface area contributed by atoms with E-state index in [0.717, 1.165) is 18.2 Å². The molecule has 0 amide bonds. The van der Waals surface area contributed by atoms with E-state index in [9.17, 15) is 23.3 Å². The van der Waals surface area contributed by atoms with Crippen molar-refractivity contribution < 1.29 is 32.3 Å². The van der Waals surface area contributed by atoms with Crippen LogP contribution in [0.15, 0.2) is 51.0 Å². The maximum Gasteiger partial charge on any atom is 0.286 e. The first kappa shape index (κ1) is 24.2. The molecule has 1 aliphatic rings. The summed E-state index contributed by atoms with van der Waals surface area (Å²) >= 11 is 0. The van der Waals surface area contributed by atoms with Crippen molar-refractivity contribution in [2.24, 2.45) is 9.81 Å². The number of sulfonamides is 1. The van der Waals surface area contributed by atoms with Gasteiger partial charge in [0.1, 0.15) is 28.7 Å². The highest BCUT2D eigenvalue weighted by atomic mass is 32.2. The molecule has 10 nitrogen and oxygen atoms in total. The molecule has 0 aliphatic heterocycles. The van der Waals surface area contributed by atoms with Crippen LogP contribution in [0.4, 0.5) is 5.69 Å². The summed E-state index contributed by atoms with van der Waals surface area (Å²) in [6.45, 7) is 5.82. The number of rotatable bonds is 8. The molecule has 2 rings (SSSR count). The summed E-state index contributed by atoms with van der Waals surface area (Å²) in [5.41, 5.74) is -0.671. The lowest BCUT2D eigenvalue weighted by molar-refractivity contribution is -0.385. The molecule has 0 saturated heterocycles. The van der Waals surface area contributed by atoms with Crippen molar-refractivity contribution in [1.82, 2.24) is 0 Å². The SMILES string of the molecule is COCCOc1ccc([N+](=O)[O-])cc1S(=O)(=O)N=C1C=C(OC)C(C(C)(C)C)=CC1=O. The number of benzene rings is 1. The zero-order chi connectivity index (χ0) is 23.4. The fourth-order valence-corrected chi connectivity index (χ4v) is 3.87. The number of nitro groups is 1. The lowest BCUT2D eigenvalue weighted by atomic mass is 9.82. The predicted octanol–water partition coefficient (Wildman–Crippen LogP) is 2.84. The highest BCUT2D eigenvalue weighted by Gasteiger charge is 2.30. The van der Waals surface area contributed by atoms with Gasteiger partial charge >= 0.3 is 0 Å². The number of ketones is 1. The monoisotopic (exact) mass is 452 g/mol. The Hall–Kier alpha value is -3.05. The number of hydrogen-bond acceptors (Lipinski definition) is 8. The van der Waals surface area contributed by atoms with Crippen molar-refractivity contribution in [2.45, 2.75) is 25.7 Å². The molecule has 0 spiro atoms. The van der Waals surface area contributed by atoms with Crippen molar-refractivity contribution in [3.8, 4) is 5.75 Å². The number of methoxy groups -OCH3 is 2. The quantitative estimate of drug-likeness (QED) is 0.254. The summed E-state index contributed by atoms with van der Waals surface area (Å²) in [6, 6.07) is 3.12. The van der Waals surface area contributed by atoms with E-state index in [0.29, 0.717) is 11.3 Å². The van der Waals surface area contributed by atoms with Crippen LogP contribution in [0.25, 0.3) is 0 Å². The van der Waals surface area contributed by atoms with Crippen LogP contribution in [0.2, 0.25) is 0 Å². The lowest BCUT2D eigenvalue weighted by Gasteiger charge is -2.26. The number of ether oxygens (including phenoxy) is 3. The smallest absolute Gasteiger partial charge is 0.286 e. The minimum absolute atomic E-state index is 0.0116. The fraction of sp³-hybridized carbons (Fsp3) is 0.400. The van der Waals surface area contributed by atoms with Gasteiger partial charge in [-0.15, -0.1) is 0 Å². The number of nitro benzene ring substituents is 1. The molecule has 0 radical (unpaired) electrons. The molecule has 0 saturated carbocycles. The second kappa shape index (κ2) is 9.40. The number of carbonyl (C=O) groups is 1. The second-order valence-corrected chi connectivity index (χ2v) is 9.14. The first-order valence-electron chi connectivity index (χ1n) is 9.18. The summed E-state index contributed by atoms with van der Waals surface area (Å²) in [4.78, 5) is 22.4. The van der Waals surface area contributed by atoms with E-state index in [2.05, 4.69) is 4.40 Å². The Kier molecular flexibility index (Phi) is 7.34. The number of hydrogen-bond donors (Lipinski definition) is 0. The molecule has 1 aromatic carbocycles. The van der Waals surface area contributed by atoms with E-state index in [1.807, 2.05) is 20.8 Å². The van der Waals surface area contributed by atoms with Crippen molar-refractivity contribution in [3.05, 3.63) is 51.8 Å². The van der Waals surface area contributed by atoms with E-state index in [1.165, 1.54) is 26.4 Å². The molecule has 0 fully saturated rings. The molecule has 1 aliphatic carbocycles. The zero-order valence-corrected chi connectivity index (χ0v) is 18.7. The molecule has 0 heterocycles. The van der Waals surface area contributed by atoms with Crippen molar-refractivity contribution >= 4 is 27.2 Å². The maximum atomic E-state index is 13.0. The van der Waals surface area contributed by atoms with Crippen LogP contribution < -0.4 is 4.74 Å². The van der Waals surface area contributed by atoms with Crippen LogP contribution in [0, 0.1) is 15.5 Å². The van der Waals surface area contributed by atoms with Crippen LogP contribution in [0.1, 0.15) is 20.8 Å². The van der Waals surface area contributed by atoms with E-state index >= 15 is 0 Å². The van der Waals surface area contributed by atoms with Gasteiger partial charge in [0.05, 0.1) is 18.6 Å². The van der Waals surface area contributed by atoms with Gasteiger partial charge < -0.3 is 14.2 Å². The molecular weight excluding hydrogens is 428 g/mol. The van der Waals surface area contributed by atoms with Crippen LogP contribution in [0.3, 0.4) is 0 Å². The predicted molar refractivity (Wildman–Crippen MR) is 113 cm³/mol. The van der Waals surface area contributed by atoms with Gasteiger partial charge in [0.15, 0.2) is 0 Å². The van der Waals surface area contributed by atoms with Gasteiger partial charge in [-0.1, -0.05) is 20.8 Å². The fourth-order valence-electron chi connectivity index (χ4n) is 2.72. The topological polar surface area (TPSA) is 134 Å². The number of carbonyl (C=O) groups excluding carboxylic acids is 1. The van der Waals surface area contributed by atoms with Crippen LogP contribution >= 0.6 is 0 Å². The normalized spacial score (nSPS) is 16.0. The van der Waals surface area contributed by atoms with E-state index in [1.54, 1.807) is 0 Å². The largest absolute Gasteiger partial charge is 0.496 e. The second-order valence-electron chi connectivity index (χ2n) is 7.57. The number of non-ortho nitro benzene ring substituents is 1. The standard InChI is InChI=1S/C20H24N2O8S/c1-20(2,3)14-11-16(23)15(12-18(14)29-5)21-31(26,27)19-10-13(22(24)25)6-7-17(19)30-9-8-28-4/h6-7,10-12H,8-9H2,1-5H3. The molecular formula is C20H24N2O8S. The van der Waals surface area contributed by atoms with Crippen LogP contribution in [-0.2, 0) is 24.3 Å². The Morgan fingerprint density at radius 1 is 1.13 bits per heavy atom. The Labute approximate surface area is 180 Å². The Balaban J connectivity index is 2.56. The first-order chi connectivity index (χ1) is 14.4. The lowest BCUT2D eigenvalue weighted by Crippen LogP contribution is -2.23. The Bertz CT molecular complexity index is 1080. The summed E-state index contributed by atoms with van der Waals surface area (Å²) < 4.78 is 45.2. The number of nitrogens with zero attached hydrogens (tertiary/aromatic N) is 2. The summed E-state index contributed by atoms with van der Waals surface area (Å²) in [5.74, 6) is -0.463. The third-order valence-corrected chi connectivity index (χ3v) is 5.58. The summed E-state index contributed by atoms with van der Waals surface area (Å²) in [5, 5.41) is 11.1. The van der Waals surface area contributed by atoms with Crippen molar-refractivity contribution in [2.75, 3.05) is 27.4 Å². The molecule has 168 valence electrons. The molecule has 0 N–H and O–H groups in total. The van der Waals surface area contributed by atoms with E-state index in [-0.39, 0.29) is 24.7 Å². The minimum atomic E-state index is -4.53. The highest BCUT2D eigenvalue weighted by molar-refractivity contribution is 7.90. The minimum Gasteiger partial charge on any atom is -0.496 e. The average Bonchev–Trinajstić information content (AvgIpc) is 2.68. The maximum absolute atomic E-state index is 13.0. The van der Waals surface area contributed by atoms with Gasteiger partial charge in [0.2, 0.25) is 5.78 Å². The molecule has 0 bridgehead atoms. The third kappa shape index (κ3) is 5.76. The average molecular weight is 452 g/mol. The van der Waals surface area contributed by atoms with Crippen molar-refractivity contribution in [3.63, 3.8) is 0 Å². The molecule has 0 atom stereocenters. The molecule has 31 heavy (non-hydrogen) atoms. The first-order valence-corrected chi connectivity index (χ1v) is 10.6. The van der Waals surface area contributed by atoms with Crippen LogP contribution in [0.5, 0.6) is 5.75 Å². The summed E-state index contributed by atoms with van der Waals surface area (Å²) in [7, 11) is -1.69. The highest BCUT2D eigenvalue weighted by Crippen LogP contribution is 2.34. The van der Waals surface area contributed by atoms with E-state index in [4.69, 9.17) is 14.2 Å². The van der Waals surface area contributed by atoms with E-state index < -0.39 is 36.7 Å². The number of allylic oxidation sites excluding steroid dienone is 3. The van der Waals surface area contributed by atoms with Crippen molar-refractivity contribution in [1.29, 1.82) is 0 Å². The Morgan fingerprint density at radius 3 is 2.35 bits per heavy atom. The van der Waals surface area contributed by atoms with Gasteiger partial charge in [-0.2, -0.15) is 12.8 Å². The third-order valence-electron chi connectivity index (χ3n) is 4.27. The van der Waals surface area contributed by atoms with Gasteiger partial charge in [-0.3, -0.25) is 14.9 Å².